The number of pyridine rings is 1. The molecule has 1 aliphatic rings. The summed E-state index contributed by atoms with van der Waals surface area (Å²) in [5.41, 5.74) is 5.96. The minimum absolute atomic E-state index is 0.0764. The molecule has 0 aliphatic carbocycles. The van der Waals surface area contributed by atoms with E-state index in [0.717, 1.165) is 35.6 Å². The summed E-state index contributed by atoms with van der Waals surface area (Å²) >= 11 is 5.11. The van der Waals surface area contributed by atoms with Crippen molar-refractivity contribution in [3.63, 3.8) is 0 Å². The first-order valence-electron chi connectivity index (χ1n) is 7.01. The summed E-state index contributed by atoms with van der Waals surface area (Å²) in [4.78, 5) is 20.7. The number of piperazine rings is 1. The molecule has 0 radical (unpaired) electrons. The van der Waals surface area contributed by atoms with E-state index in [4.69, 9.17) is 5.73 Å². The molecule has 2 rings (SSSR count). The Morgan fingerprint density at radius 2 is 2.14 bits per heavy atom. The van der Waals surface area contributed by atoms with Crippen LogP contribution in [0.4, 0.5) is 5.82 Å². The maximum absolute atomic E-state index is 12.2. The van der Waals surface area contributed by atoms with Crippen molar-refractivity contribution in [3.05, 3.63) is 22.8 Å². The molecule has 5 nitrogen and oxygen atoms in total. The summed E-state index contributed by atoms with van der Waals surface area (Å²) in [5, 5.41) is 0. The molecule has 1 aromatic heterocycles. The van der Waals surface area contributed by atoms with Gasteiger partial charge in [-0.25, -0.2) is 4.98 Å². The fraction of sp³-hybridized carbons (Fsp3) is 0.571. The maximum atomic E-state index is 12.2. The van der Waals surface area contributed by atoms with Crippen LogP contribution in [0.2, 0.25) is 0 Å². The minimum atomic E-state index is -0.366. The van der Waals surface area contributed by atoms with Crippen LogP contribution in [0.3, 0.4) is 0 Å². The van der Waals surface area contributed by atoms with Gasteiger partial charge in [-0.15, -0.1) is 0 Å². The van der Waals surface area contributed by atoms with Crippen molar-refractivity contribution in [1.29, 1.82) is 0 Å². The Morgan fingerprint density at radius 1 is 1.43 bits per heavy atom. The molecule has 2 heterocycles. The number of aromatic nitrogens is 1. The monoisotopic (exact) mass is 372 g/mol. The van der Waals surface area contributed by atoms with Gasteiger partial charge in [0.2, 0.25) is 5.91 Å². The normalized spacial score (nSPS) is 16.9. The second-order valence-electron chi connectivity index (χ2n) is 5.03. The average molecular weight is 373 g/mol. The molecular weight excluding hydrogens is 352 g/mol. The van der Waals surface area contributed by atoms with Gasteiger partial charge in [-0.2, -0.15) is 11.8 Å². The fourth-order valence-corrected chi connectivity index (χ4v) is 3.04. The number of anilines is 1. The van der Waals surface area contributed by atoms with E-state index in [1.54, 1.807) is 18.0 Å². The van der Waals surface area contributed by atoms with Crippen LogP contribution in [0, 0.1) is 0 Å². The van der Waals surface area contributed by atoms with Crippen LogP contribution in [-0.2, 0) is 4.79 Å². The summed E-state index contributed by atoms with van der Waals surface area (Å²) in [6, 6.07) is 3.61. The molecule has 1 atom stereocenters. The first-order chi connectivity index (χ1) is 10.1. The van der Waals surface area contributed by atoms with Crippen LogP contribution in [-0.4, -0.2) is 60.0 Å². The Morgan fingerprint density at radius 3 is 2.71 bits per heavy atom. The van der Waals surface area contributed by atoms with E-state index in [1.165, 1.54) is 0 Å². The van der Waals surface area contributed by atoms with Crippen LogP contribution < -0.4 is 10.6 Å². The van der Waals surface area contributed by atoms with Crippen LogP contribution in [0.15, 0.2) is 22.8 Å². The number of hydrogen-bond acceptors (Lipinski definition) is 5. The molecular formula is C14H21BrN4OS. The van der Waals surface area contributed by atoms with Gasteiger partial charge in [0, 0.05) is 36.8 Å². The zero-order chi connectivity index (χ0) is 15.2. The van der Waals surface area contributed by atoms with Gasteiger partial charge in [0.15, 0.2) is 0 Å². The molecule has 0 aromatic carbocycles. The molecule has 0 bridgehead atoms. The van der Waals surface area contributed by atoms with Gasteiger partial charge in [0.1, 0.15) is 5.82 Å². The van der Waals surface area contributed by atoms with Crippen molar-refractivity contribution >= 4 is 39.4 Å². The number of nitrogens with two attached hydrogens (primary N) is 1. The molecule has 116 valence electrons. The second kappa shape index (κ2) is 8.00. The second-order valence-corrected chi connectivity index (χ2v) is 6.94. The standard InChI is InChI=1S/C14H21BrN4OS/c1-21-9-4-12(16)14(20)19-7-5-18(6-8-19)13-3-2-11(15)10-17-13/h2-3,10,12H,4-9,16H2,1H3/t12-/m1/s1. The van der Waals surface area contributed by atoms with Crippen LogP contribution >= 0.6 is 27.7 Å². The van der Waals surface area contributed by atoms with E-state index in [1.807, 2.05) is 23.3 Å². The third-order valence-electron chi connectivity index (χ3n) is 3.58. The molecule has 1 fully saturated rings. The Labute approximate surface area is 138 Å². The number of amides is 1. The molecule has 0 saturated carbocycles. The third-order valence-corrected chi connectivity index (χ3v) is 4.69. The van der Waals surface area contributed by atoms with E-state index in [-0.39, 0.29) is 11.9 Å². The lowest BCUT2D eigenvalue weighted by Gasteiger charge is -2.36. The minimum Gasteiger partial charge on any atom is -0.353 e. The van der Waals surface area contributed by atoms with Crippen molar-refractivity contribution < 1.29 is 4.79 Å². The predicted molar refractivity (Wildman–Crippen MR) is 91.7 cm³/mol. The van der Waals surface area contributed by atoms with Crippen molar-refractivity contribution in [2.75, 3.05) is 43.1 Å². The molecule has 1 aliphatic heterocycles. The first kappa shape index (κ1) is 16.6. The number of hydrogen-bond donors (Lipinski definition) is 1. The summed E-state index contributed by atoms with van der Waals surface area (Å²) in [7, 11) is 0. The lowest BCUT2D eigenvalue weighted by atomic mass is 10.2. The highest BCUT2D eigenvalue weighted by Gasteiger charge is 2.25. The molecule has 2 N–H and O–H groups in total. The molecule has 7 heteroatoms. The Bertz CT molecular complexity index is 463. The highest BCUT2D eigenvalue weighted by Crippen LogP contribution is 2.17. The molecule has 1 amide bonds. The third kappa shape index (κ3) is 4.59. The lowest BCUT2D eigenvalue weighted by molar-refractivity contribution is -0.132. The number of carbonyl (C=O) groups is 1. The number of carbonyl (C=O) groups excluding carboxylic acids is 1. The summed E-state index contributed by atoms with van der Waals surface area (Å²) < 4.78 is 0.972. The van der Waals surface area contributed by atoms with E-state index in [2.05, 4.69) is 25.8 Å². The topological polar surface area (TPSA) is 62.5 Å². The van der Waals surface area contributed by atoms with E-state index < -0.39 is 0 Å². The number of rotatable bonds is 5. The Hall–Kier alpha value is -0.790. The number of thioether (sulfide) groups is 1. The van der Waals surface area contributed by atoms with Gasteiger partial charge < -0.3 is 15.5 Å². The lowest BCUT2D eigenvalue weighted by Crippen LogP contribution is -2.53. The molecule has 0 unspecified atom stereocenters. The van der Waals surface area contributed by atoms with Gasteiger partial charge in [0.25, 0.3) is 0 Å². The van der Waals surface area contributed by atoms with Gasteiger partial charge in [-0.3, -0.25) is 4.79 Å². The van der Waals surface area contributed by atoms with Crippen molar-refractivity contribution in [2.45, 2.75) is 12.5 Å². The molecule has 0 spiro atoms. The van der Waals surface area contributed by atoms with Crippen molar-refractivity contribution in [1.82, 2.24) is 9.88 Å². The highest BCUT2D eigenvalue weighted by molar-refractivity contribution is 9.10. The van der Waals surface area contributed by atoms with Crippen molar-refractivity contribution in [3.8, 4) is 0 Å². The highest BCUT2D eigenvalue weighted by atomic mass is 79.9. The zero-order valence-corrected chi connectivity index (χ0v) is 14.6. The number of nitrogens with zero attached hydrogens (tertiary/aromatic N) is 3. The van der Waals surface area contributed by atoms with Gasteiger partial charge in [-0.1, -0.05) is 0 Å². The first-order valence-corrected chi connectivity index (χ1v) is 9.20. The average Bonchev–Trinajstić information content (AvgIpc) is 2.53. The summed E-state index contributed by atoms with van der Waals surface area (Å²) in [6.45, 7) is 3.03. The molecule has 1 aromatic rings. The van der Waals surface area contributed by atoms with E-state index >= 15 is 0 Å². The largest absolute Gasteiger partial charge is 0.353 e. The molecule has 21 heavy (non-hydrogen) atoms. The predicted octanol–water partition coefficient (Wildman–Crippen LogP) is 1.57. The van der Waals surface area contributed by atoms with Crippen LogP contribution in [0.1, 0.15) is 6.42 Å². The fourth-order valence-electron chi connectivity index (χ4n) is 2.31. The maximum Gasteiger partial charge on any atom is 0.239 e. The Balaban J connectivity index is 1.85. The van der Waals surface area contributed by atoms with Gasteiger partial charge in [0.05, 0.1) is 6.04 Å². The van der Waals surface area contributed by atoms with Crippen LogP contribution in [0.5, 0.6) is 0 Å². The van der Waals surface area contributed by atoms with Gasteiger partial charge in [-0.05, 0) is 46.5 Å². The van der Waals surface area contributed by atoms with Crippen molar-refractivity contribution in [2.24, 2.45) is 5.73 Å². The van der Waals surface area contributed by atoms with Crippen LogP contribution in [0.25, 0.3) is 0 Å². The quantitative estimate of drug-likeness (QED) is 0.849. The zero-order valence-electron chi connectivity index (χ0n) is 12.2. The Kier molecular flexibility index (Phi) is 6.32. The van der Waals surface area contributed by atoms with Gasteiger partial charge >= 0.3 is 0 Å². The smallest absolute Gasteiger partial charge is 0.239 e. The SMILES string of the molecule is CSCC[C@@H](N)C(=O)N1CCN(c2ccc(Br)cn2)CC1. The summed E-state index contributed by atoms with van der Waals surface area (Å²) in [5.74, 6) is 1.96. The van der Waals surface area contributed by atoms with E-state index in [9.17, 15) is 4.79 Å². The summed E-state index contributed by atoms with van der Waals surface area (Å²) in [6.07, 6.45) is 4.57. The van der Waals surface area contributed by atoms with E-state index in [0.29, 0.717) is 13.1 Å². The number of halogens is 1. The molecule has 1 saturated heterocycles.